The molecule has 1 aromatic carbocycles. The van der Waals surface area contributed by atoms with Crippen molar-refractivity contribution in [3.63, 3.8) is 0 Å². The molecule has 1 aliphatic heterocycles. The third-order valence-corrected chi connectivity index (χ3v) is 6.39. The Balaban J connectivity index is 1.34. The van der Waals surface area contributed by atoms with Gasteiger partial charge in [0, 0.05) is 49.0 Å². The Bertz CT molecular complexity index is 1340. The maximum Gasteiger partial charge on any atom is 0.433 e. The van der Waals surface area contributed by atoms with Gasteiger partial charge < -0.3 is 15.0 Å². The van der Waals surface area contributed by atoms with Gasteiger partial charge in [-0.1, -0.05) is 30.3 Å². The number of fused-ring (bicyclic) bond motifs is 1. The molecule has 36 heavy (non-hydrogen) atoms. The molecule has 0 radical (unpaired) electrons. The number of nitrogens with one attached hydrogen (secondary N) is 1. The van der Waals surface area contributed by atoms with E-state index in [1.807, 2.05) is 30.3 Å². The van der Waals surface area contributed by atoms with Gasteiger partial charge in [0.1, 0.15) is 11.5 Å². The quantitative estimate of drug-likeness (QED) is 0.382. The summed E-state index contributed by atoms with van der Waals surface area (Å²) in [5.74, 6) is 2.09. The first kappa shape index (κ1) is 23.8. The normalized spacial score (nSPS) is 14.7. The van der Waals surface area contributed by atoms with Gasteiger partial charge in [0.2, 0.25) is 11.8 Å². The van der Waals surface area contributed by atoms with Crippen LogP contribution in [0.5, 0.6) is 5.88 Å². The number of piperidine rings is 1. The van der Waals surface area contributed by atoms with Gasteiger partial charge in [-0.2, -0.15) is 18.2 Å². The Morgan fingerprint density at radius 3 is 2.50 bits per heavy atom. The third kappa shape index (κ3) is 5.02. The van der Waals surface area contributed by atoms with E-state index in [1.165, 1.54) is 6.07 Å². The number of nitrogens with zero attached hydrogens (tertiary/aromatic N) is 5. The average Bonchev–Trinajstić information content (AvgIpc) is 2.91. The fourth-order valence-corrected chi connectivity index (χ4v) is 4.42. The fraction of sp³-hybridized carbons (Fsp3) is 0.308. The van der Waals surface area contributed by atoms with Gasteiger partial charge in [0.25, 0.3) is 0 Å². The van der Waals surface area contributed by atoms with Gasteiger partial charge in [0.15, 0.2) is 0 Å². The highest BCUT2D eigenvalue weighted by atomic mass is 19.4. The molecule has 0 saturated carbocycles. The molecule has 0 aliphatic carbocycles. The summed E-state index contributed by atoms with van der Waals surface area (Å²) in [6, 6.07) is 13.4. The molecule has 0 amide bonds. The molecular formula is C26H25F3N6O. The number of benzene rings is 1. The van der Waals surface area contributed by atoms with E-state index in [-0.39, 0.29) is 5.52 Å². The average molecular weight is 495 g/mol. The first-order valence-corrected chi connectivity index (χ1v) is 11.7. The predicted octanol–water partition coefficient (Wildman–Crippen LogP) is 5.44. The molecule has 0 bridgehead atoms. The van der Waals surface area contributed by atoms with Gasteiger partial charge in [-0.15, -0.1) is 0 Å². The van der Waals surface area contributed by atoms with E-state index in [9.17, 15) is 13.2 Å². The highest BCUT2D eigenvalue weighted by Gasteiger charge is 2.33. The van der Waals surface area contributed by atoms with Crippen molar-refractivity contribution in [2.45, 2.75) is 19.0 Å². The molecule has 186 valence electrons. The molecule has 0 spiro atoms. The summed E-state index contributed by atoms with van der Waals surface area (Å²) in [5.41, 5.74) is 0.685. The molecule has 1 fully saturated rings. The van der Waals surface area contributed by atoms with Gasteiger partial charge in [-0.3, -0.25) is 0 Å². The maximum absolute atomic E-state index is 13.4. The molecular weight excluding hydrogens is 469 g/mol. The second kappa shape index (κ2) is 9.96. The van der Waals surface area contributed by atoms with E-state index >= 15 is 0 Å². The molecule has 0 atom stereocenters. The van der Waals surface area contributed by atoms with Crippen LogP contribution in [0.1, 0.15) is 18.5 Å². The van der Waals surface area contributed by atoms with Crippen LogP contribution in [0, 0.1) is 5.92 Å². The minimum atomic E-state index is -4.53. The van der Waals surface area contributed by atoms with Crippen LogP contribution in [-0.2, 0) is 6.18 Å². The zero-order valence-electron chi connectivity index (χ0n) is 19.7. The lowest BCUT2D eigenvalue weighted by Gasteiger charge is -2.32. The van der Waals surface area contributed by atoms with Crippen molar-refractivity contribution in [2.75, 3.05) is 37.0 Å². The lowest BCUT2D eigenvalue weighted by atomic mass is 9.97. The topological polar surface area (TPSA) is 76.1 Å². The number of hydrogen-bond acceptors (Lipinski definition) is 7. The van der Waals surface area contributed by atoms with Gasteiger partial charge in [-0.25, -0.2) is 15.0 Å². The Kier molecular flexibility index (Phi) is 6.58. The largest absolute Gasteiger partial charge is 0.481 e. The predicted molar refractivity (Wildman–Crippen MR) is 132 cm³/mol. The minimum Gasteiger partial charge on any atom is -0.481 e. The summed E-state index contributed by atoms with van der Waals surface area (Å²) >= 11 is 0. The lowest BCUT2D eigenvalue weighted by molar-refractivity contribution is -0.140. The van der Waals surface area contributed by atoms with Crippen LogP contribution in [0.2, 0.25) is 0 Å². The number of aromatic nitrogens is 4. The highest BCUT2D eigenvalue weighted by molar-refractivity contribution is 5.99. The van der Waals surface area contributed by atoms with Crippen LogP contribution in [0.15, 0.2) is 60.9 Å². The van der Waals surface area contributed by atoms with E-state index < -0.39 is 11.9 Å². The van der Waals surface area contributed by atoms with Crippen LogP contribution >= 0.6 is 0 Å². The van der Waals surface area contributed by atoms with Gasteiger partial charge in [-0.05, 0) is 36.5 Å². The zero-order chi connectivity index (χ0) is 25.1. The second-order valence-electron chi connectivity index (χ2n) is 8.69. The van der Waals surface area contributed by atoms with Crippen molar-refractivity contribution in [3.8, 4) is 17.0 Å². The van der Waals surface area contributed by atoms with E-state index in [4.69, 9.17) is 4.74 Å². The first-order valence-electron chi connectivity index (χ1n) is 11.7. The number of halogens is 3. The molecule has 10 heteroatoms. The molecule has 1 N–H and O–H groups in total. The minimum absolute atomic E-state index is 0.276. The van der Waals surface area contributed by atoms with E-state index in [2.05, 4.69) is 30.2 Å². The SMILES string of the molecule is COc1ccnc(N2CCC(CNc3ncc(-c4ccccc4)c4nc(C(F)(F)F)ccc34)CC2)n1. The van der Waals surface area contributed by atoms with Crippen molar-refractivity contribution in [1.82, 2.24) is 19.9 Å². The van der Waals surface area contributed by atoms with Crippen molar-refractivity contribution in [2.24, 2.45) is 5.92 Å². The number of hydrogen-bond donors (Lipinski definition) is 1. The summed E-state index contributed by atoms with van der Waals surface area (Å²) in [6.45, 7) is 2.26. The summed E-state index contributed by atoms with van der Waals surface area (Å²) in [5, 5.41) is 3.93. The Morgan fingerprint density at radius 2 is 1.78 bits per heavy atom. The van der Waals surface area contributed by atoms with Crippen molar-refractivity contribution >= 4 is 22.7 Å². The van der Waals surface area contributed by atoms with Crippen LogP contribution in [0.3, 0.4) is 0 Å². The highest BCUT2D eigenvalue weighted by Crippen LogP contribution is 2.35. The molecule has 3 aromatic heterocycles. The Hall–Kier alpha value is -3.95. The smallest absolute Gasteiger partial charge is 0.433 e. The number of ether oxygens (including phenoxy) is 1. The van der Waals surface area contributed by atoms with Crippen molar-refractivity contribution < 1.29 is 17.9 Å². The molecule has 0 unspecified atom stereocenters. The van der Waals surface area contributed by atoms with Crippen molar-refractivity contribution in [1.29, 1.82) is 0 Å². The molecule has 4 heterocycles. The molecule has 7 nitrogen and oxygen atoms in total. The zero-order valence-corrected chi connectivity index (χ0v) is 19.7. The third-order valence-electron chi connectivity index (χ3n) is 6.39. The van der Waals surface area contributed by atoms with Crippen molar-refractivity contribution in [3.05, 3.63) is 66.6 Å². The molecule has 1 aliphatic rings. The maximum atomic E-state index is 13.4. The fourth-order valence-electron chi connectivity index (χ4n) is 4.42. The van der Waals surface area contributed by atoms with Crippen LogP contribution in [0.25, 0.3) is 22.0 Å². The first-order chi connectivity index (χ1) is 17.4. The number of anilines is 2. The van der Waals surface area contributed by atoms with Crippen LogP contribution in [0.4, 0.5) is 24.9 Å². The number of rotatable bonds is 6. The standard InChI is InChI=1S/C26H25F3N6O/c1-36-22-9-12-30-25(34-22)35-13-10-17(11-14-35)15-31-24-19-7-8-21(26(27,28)29)33-23(19)20(16-32-24)18-5-3-2-4-6-18/h2-9,12,16-17H,10-11,13-15H2,1H3,(H,31,32). The Morgan fingerprint density at radius 1 is 1.00 bits per heavy atom. The van der Waals surface area contributed by atoms with Gasteiger partial charge in [0.05, 0.1) is 12.6 Å². The van der Waals surface area contributed by atoms with E-state index in [0.29, 0.717) is 41.1 Å². The summed E-state index contributed by atoms with van der Waals surface area (Å²) in [4.78, 5) is 19.4. The number of methoxy groups -OCH3 is 1. The molecule has 1 saturated heterocycles. The molecule has 5 rings (SSSR count). The van der Waals surface area contributed by atoms with E-state index in [1.54, 1.807) is 25.6 Å². The van der Waals surface area contributed by atoms with Crippen LogP contribution < -0.4 is 15.0 Å². The van der Waals surface area contributed by atoms with Gasteiger partial charge >= 0.3 is 6.18 Å². The van der Waals surface area contributed by atoms with Crippen LogP contribution in [-0.4, -0.2) is 46.7 Å². The monoisotopic (exact) mass is 494 g/mol. The Labute approximate surface area is 206 Å². The lowest BCUT2D eigenvalue weighted by Crippen LogP contribution is -2.36. The molecule has 4 aromatic rings. The summed E-state index contributed by atoms with van der Waals surface area (Å²) < 4.78 is 45.5. The second-order valence-corrected chi connectivity index (χ2v) is 8.69. The number of pyridine rings is 2. The number of alkyl halides is 3. The van der Waals surface area contributed by atoms with E-state index in [0.717, 1.165) is 37.6 Å². The summed E-state index contributed by atoms with van der Waals surface area (Å²) in [7, 11) is 1.58. The summed E-state index contributed by atoms with van der Waals surface area (Å²) in [6.07, 6.45) is 0.590.